The molecule has 0 amide bonds. The van der Waals surface area contributed by atoms with Crippen molar-refractivity contribution in [3.8, 4) is 5.75 Å². The van der Waals surface area contributed by atoms with Gasteiger partial charge in [0.05, 0.1) is 11.6 Å². The molecule has 0 unspecified atom stereocenters. The summed E-state index contributed by atoms with van der Waals surface area (Å²) in [5, 5.41) is 9.95. The maximum absolute atomic E-state index is 12.5. The Bertz CT molecular complexity index is 897. The van der Waals surface area contributed by atoms with E-state index in [1.54, 1.807) is 6.07 Å². The van der Waals surface area contributed by atoms with E-state index in [0.29, 0.717) is 23.0 Å². The van der Waals surface area contributed by atoms with Crippen LogP contribution in [0.2, 0.25) is 0 Å². The lowest BCUT2D eigenvalue weighted by molar-refractivity contribution is 0.474. The maximum Gasteiger partial charge on any atom is 0.196 e. The molecule has 1 heterocycles. The molecule has 0 atom stereocenters. The molecule has 0 spiro atoms. The van der Waals surface area contributed by atoms with Gasteiger partial charge in [0.1, 0.15) is 11.3 Å². The molecule has 0 aliphatic heterocycles. The first-order valence-electron chi connectivity index (χ1n) is 7.67. The van der Waals surface area contributed by atoms with Crippen LogP contribution in [0.25, 0.3) is 11.0 Å². The molecular formula is C20H20O3. The van der Waals surface area contributed by atoms with Crippen LogP contribution >= 0.6 is 0 Å². The average molecular weight is 308 g/mol. The van der Waals surface area contributed by atoms with Gasteiger partial charge in [-0.2, -0.15) is 0 Å². The summed E-state index contributed by atoms with van der Waals surface area (Å²) in [4.78, 5) is 12.5. The molecule has 3 aromatic rings. The summed E-state index contributed by atoms with van der Waals surface area (Å²) in [5.41, 5.74) is 3.42. The van der Waals surface area contributed by atoms with Gasteiger partial charge in [-0.25, -0.2) is 0 Å². The molecular weight excluding hydrogens is 288 g/mol. The van der Waals surface area contributed by atoms with Gasteiger partial charge in [0, 0.05) is 18.1 Å². The van der Waals surface area contributed by atoms with E-state index in [1.807, 2.05) is 0 Å². The Morgan fingerprint density at radius 3 is 2.39 bits per heavy atom. The lowest BCUT2D eigenvalue weighted by atomic mass is 9.86. The number of benzene rings is 2. The van der Waals surface area contributed by atoms with E-state index in [-0.39, 0.29) is 16.6 Å². The molecule has 0 saturated heterocycles. The van der Waals surface area contributed by atoms with E-state index in [2.05, 4.69) is 45.0 Å². The minimum absolute atomic E-state index is 0.0499. The average Bonchev–Trinajstić information content (AvgIpc) is 2.50. The first-order chi connectivity index (χ1) is 10.8. The summed E-state index contributed by atoms with van der Waals surface area (Å²) >= 11 is 0. The van der Waals surface area contributed by atoms with Crippen molar-refractivity contribution in [1.29, 1.82) is 0 Å². The van der Waals surface area contributed by atoms with Crippen molar-refractivity contribution >= 4 is 11.0 Å². The highest BCUT2D eigenvalue weighted by atomic mass is 16.3. The number of rotatable bonds is 2. The van der Waals surface area contributed by atoms with Gasteiger partial charge in [-0.3, -0.25) is 4.79 Å². The predicted octanol–water partition coefficient (Wildman–Crippen LogP) is 4.39. The third-order valence-electron chi connectivity index (χ3n) is 4.04. The molecule has 0 saturated carbocycles. The van der Waals surface area contributed by atoms with E-state index < -0.39 is 0 Å². The molecule has 0 bridgehead atoms. The van der Waals surface area contributed by atoms with E-state index >= 15 is 0 Å². The Morgan fingerprint density at radius 2 is 1.74 bits per heavy atom. The summed E-state index contributed by atoms with van der Waals surface area (Å²) in [6.45, 7) is 6.53. The monoisotopic (exact) mass is 308 g/mol. The molecule has 3 heteroatoms. The largest absolute Gasteiger partial charge is 0.508 e. The van der Waals surface area contributed by atoms with Crippen molar-refractivity contribution in [2.24, 2.45) is 0 Å². The van der Waals surface area contributed by atoms with Crippen LogP contribution in [0.1, 0.15) is 37.5 Å². The fourth-order valence-corrected chi connectivity index (χ4v) is 2.62. The normalized spacial score (nSPS) is 11.8. The number of phenolic OH excluding ortho intramolecular Hbond substituents is 1. The molecule has 0 aliphatic carbocycles. The second-order valence-electron chi connectivity index (χ2n) is 6.89. The van der Waals surface area contributed by atoms with Gasteiger partial charge < -0.3 is 9.52 Å². The van der Waals surface area contributed by atoms with Gasteiger partial charge in [0.25, 0.3) is 0 Å². The van der Waals surface area contributed by atoms with Gasteiger partial charge in [0.2, 0.25) is 0 Å². The fourth-order valence-electron chi connectivity index (χ4n) is 2.62. The Morgan fingerprint density at radius 1 is 1.04 bits per heavy atom. The molecule has 0 fully saturated rings. The lowest BCUT2D eigenvalue weighted by Gasteiger charge is -2.19. The summed E-state index contributed by atoms with van der Waals surface area (Å²) in [6, 6.07) is 12.9. The Balaban J connectivity index is 1.94. The number of hydrogen-bond acceptors (Lipinski definition) is 3. The lowest BCUT2D eigenvalue weighted by Crippen LogP contribution is -2.11. The Kier molecular flexibility index (Phi) is 3.72. The van der Waals surface area contributed by atoms with Gasteiger partial charge in [-0.1, -0.05) is 45.0 Å². The number of aromatic hydroxyl groups is 1. The minimum Gasteiger partial charge on any atom is -0.508 e. The van der Waals surface area contributed by atoms with Crippen LogP contribution in [0.4, 0.5) is 0 Å². The van der Waals surface area contributed by atoms with Crippen LogP contribution in [0.3, 0.4) is 0 Å². The highest BCUT2D eigenvalue weighted by molar-refractivity contribution is 5.78. The zero-order valence-electron chi connectivity index (χ0n) is 13.6. The van der Waals surface area contributed by atoms with Crippen LogP contribution in [-0.4, -0.2) is 5.11 Å². The van der Waals surface area contributed by atoms with E-state index in [9.17, 15) is 9.90 Å². The highest BCUT2D eigenvalue weighted by Crippen LogP contribution is 2.23. The quantitative estimate of drug-likeness (QED) is 0.764. The highest BCUT2D eigenvalue weighted by Gasteiger charge is 2.13. The van der Waals surface area contributed by atoms with Crippen LogP contribution < -0.4 is 5.43 Å². The SMILES string of the molecule is CC(C)(C)c1ccc(Cc2coc3cc(O)ccc3c2=O)cc1. The predicted molar refractivity (Wildman–Crippen MR) is 92.1 cm³/mol. The van der Waals surface area contributed by atoms with Crippen LogP contribution in [0.15, 0.2) is 57.9 Å². The van der Waals surface area contributed by atoms with Gasteiger partial charge >= 0.3 is 0 Å². The summed E-state index contributed by atoms with van der Waals surface area (Å²) < 4.78 is 5.49. The van der Waals surface area contributed by atoms with Crippen molar-refractivity contribution in [2.75, 3.05) is 0 Å². The molecule has 1 aromatic heterocycles. The number of fused-ring (bicyclic) bond motifs is 1. The smallest absolute Gasteiger partial charge is 0.196 e. The van der Waals surface area contributed by atoms with Crippen molar-refractivity contribution in [3.05, 3.63) is 75.6 Å². The molecule has 0 radical (unpaired) electrons. The van der Waals surface area contributed by atoms with Gasteiger partial charge in [0.15, 0.2) is 5.43 Å². The first kappa shape index (κ1) is 15.3. The zero-order chi connectivity index (χ0) is 16.6. The number of phenols is 1. The third kappa shape index (κ3) is 3.14. The molecule has 3 nitrogen and oxygen atoms in total. The summed E-state index contributed by atoms with van der Waals surface area (Å²) in [6.07, 6.45) is 2.02. The third-order valence-corrected chi connectivity index (χ3v) is 4.04. The second-order valence-corrected chi connectivity index (χ2v) is 6.89. The summed E-state index contributed by atoms with van der Waals surface area (Å²) in [7, 11) is 0. The van der Waals surface area contributed by atoms with Crippen LogP contribution in [0.5, 0.6) is 5.75 Å². The summed E-state index contributed by atoms with van der Waals surface area (Å²) in [5.74, 6) is 0.0890. The minimum atomic E-state index is -0.0499. The van der Waals surface area contributed by atoms with Crippen LogP contribution in [0, 0.1) is 0 Å². The van der Waals surface area contributed by atoms with Gasteiger partial charge in [-0.15, -0.1) is 0 Å². The zero-order valence-corrected chi connectivity index (χ0v) is 13.6. The molecule has 118 valence electrons. The molecule has 1 N–H and O–H groups in total. The van der Waals surface area contributed by atoms with Crippen molar-refractivity contribution in [3.63, 3.8) is 0 Å². The topological polar surface area (TPSA) is 50.4 Å². The van der Waals surface area contributed by atoms with Crippen molar-refractivity contribution < 1.29 is 9.52 Å². The van der Waals surface area contributed by atoms with E-state index in [1.165, 1.54) is 24.0 Å². The fraction of sp³-hybridized carbons (Fsp3) is 0.250. The first-order valence-corrected chi connectivity index (χ1v) is 7.67. The second kappa shape index (κ2) is 5.58. The Labute approximate surface area is 135 Å². The molecule has 0 aliphatic rings. The number of hydrogen-bond donors (Lipinski definition) is 1. The standard InChI is InChI=1S/C20H20O3/c1-20(2,3)15-6-4-13(5-7-15)10-14-12-23-18-11-16(21)8-9-17(18)19(14)22/h4-9,11-12,21H,10H2,1-3H3. The molecule has 2 aromatic carbocycles. The van der Waals surface area contributed by atoms with E-state index in [0.717, 1.165) is 5.56 Å². The molecule has 3 rings (SSSR count). The van der Waals surface area contributed by atoms with Crippen molar-refractivity contribution in [1.82, 2.24) is 0 Å². The van der Waals surface area contributed by atoms with Crippen molar-refractivity contribution in [2.45, 2.75) is 32.6 Å². The van der Waals surface area contributed by atoms with Crippen LogP contribution in [-0.2, 0) is 11.8 Å². The van der Waals surface area contributed by atoms with Gasteiger partial charge in [-0.05, 0) is 28.7 Å². The maximum atomic E-state index is 12.5. The molecule has 23 heavy (non-hydrogen) atoms. The Hall–Kier alpha value is -2.55. The van der Waals surface area contributed by atoms with E-state index in [4.69, 9.17) is 4.42 Å².